The molecule has 12 rings (SSSR count). The van der Waals surface area contributed by atoms with Crippen LogP contribution >= 0.6 is 12.3 Å². The van der Waals surface area contributed by atoms with E-state index in [-0.39, 0.29) is 11.5 Å². The van der Waals surface area contributed by atoms with Crippen LogP contribution in [0.4, 0.5) is 0 Å². The molecule has 9 aromatic rings. The summed E-state index contributed by atoms with van der Waals surface area (Å²) >= 11 is 0.829. The van der Waals surface area contributed by atoms with Crippen molar-refractivity contribution in [2.45, 2.75) is 11.0 Å². The van der Waals surface area contributed by atoms with Crippen molar-refractivity contribution < 1.29 is 32.8 Å². The molecule has 7 nitrogen and oxygen atoms in total. The standard InChI is InChI=1S/C53H32O7S/c54-37-19-15-31-25-35(17-13-33(31)27-37)52(44-10-4-1-7-41(44)42-8-2-5-11-45(42)52)36-18-14-34-28-39(21-16-32(34)26-36)59-61-60-40-22-24-48-50(30-40)57-49-29-38(55)20-23-47(49)53(48)46-12-6-3-9-43(46)51(56)58-53/h1-30,54-55H. The molecule has 1 aliphatic carbocycles. The van der Waals surface area contributed by atoms with E-state index in [9.17, 15) is 15.0 Å². The first-order chi connectivity index (χ1) is 29.9. The Kier molecular flexibility index (Phi) is 7.61. The summed E-state index contributed by atoms with van der Waals surface area (Å²) in [6.45, 7) is 0. The molecule has 0 bridgehead atoms. The van der Waals surface area contributed by atoms with Gasteiger partial charge in [-0.3, -0.25) is 0 Å². The van der Waals surface area contributed by atoms with Crippen LogP contribution in [0.1, 0.15) is 49.3 Å². The Hall–Kier alpha value is -7.68. The van der Waals surface area contributed by atoms with Gasteiger partial charge in [0, 0.05) is 28.8 Å². The predicted octanol–water partition coefficient (Wildman–Crippen LogP) is 12.4. The van der Waals surface area contributed by atoms with E-state index in [4.69, 9.17) is 17.8 Å². The zero-order valence-electron chi connectivity index (χ0n) is 32.2. The summed E-state index contributed by atoms with van der Waals surface area (Å²) in [5.74, 6) is 1.72. The highest BCUT2D eigenvalue weighted by atomic mass is 32.2. The van der Waals surface area contributed by atoms with Crippen LogP contribution in [0, 0.1) is 0 Å². The summed E-state index contributed by atoms with van der Waals surface area (Å²) in [6.07, 6.45) is 0. The first-order valence-corrected chi connectivity index (χ1v) is 20.5. The second-order valence-corrected chi connectivity index (χ2v) is 16.1. The van der Waals surface area contributed by atoms with Crippen molar-refractivity contribution in [1.82, 2.24) is 0 Å². The molecule has 3 aliphatic rings. The SMILES string of the molecule is O=C1OC2(c3ccc(O)cc3Oc3cc(OSOc4ccc5cc(C6(c7ccc8cc(O)ccc8c7)c7ccccc7-c7ccccc76)ccc5c4)ccc32)c2ccccc21. The van der Waals surface area contributed by atoms with Crippen LogP contribution in [-0.2, 0) is 15.8 Å². The van der Waals surface area contributed by atoms with Gasteiger partial charge < -0.3 is 28.1 Å². The number of hydrogen-bond acceptors (Lipinski definition) is 8. The number of ether oxygens (including phenoxy) is 2. The summed E-state index contributed by atoms with van der Waals surface area (Å²) in [4.78, 5) is 13.2. The van der Waals surface area contributed by atoms with Crippen LogP contribution in [0.5, 0.6) is 34.5 Å². The summed E-state index contributed by atoms with van der Waals surface area (Å²) in [7, 11) is 0. The molecule has 1 spiro atoms. The number of phenols is 2. The zero-order chi connectivity index (χ0) is 40.9. The molecule has 0 saturated carbocycles. The molecule has 1 unspecified atom stereocenters. The second kappa shape index (κ2) is 13.2. The van der Waals surface area contributed by atoms with Crippen molar-refractivity contribution in [3.8, 4) is 45.6 Å². The number of aromatic hydroxyl groups is 2. The van der Waals surface area contributed by atoms with Crippen molar-refractivity contribution in [3.05, 3.63) is 226 Å². The predicted molar refractivity (Wildman–Crippen MR) is 236 cm³/mol. The van der Waals surface area contributed by atoms with Gasteiger partial charge >= 0.3 is 5.97 Å². The highest BCUT2D eigenvalue weighted by Crippen LogP contribution is 2.58. The maximum absolute atomic E-state index is 13.2. The van der Waals surface area contributed by atoms with Crippen molar-refractivity contribution in [2.24, 2.45) is 0 Å². The summed E-state index contributed by atoms with van der Waals surface area (Å²) in [5.41, 5.74) is 7.78. The highest BCUT2D eigenvalue weighted by molar-refractivity contribution is 7.90. The summed E-state index contributed by atoms with van der Waals surface area (Å²) < 4.78 is 24.6. The van der Waals surface area contributed by atoms with Gasteiger partial charge in [0.25, 0.3) is 12.3 Å². The van der Waals surface area contributed by atoms with Crippen LogP contribution in [0.3, 0.4) is 0 Å². The smallest absolute Gasteiger partial charge is 0.340 e. The van der Waals surface area contributed by atoms with Crippen molar-refractivity contribution in [3.63, 3.8) is 0 Å². The van der Waals surface area contributed by atoms with Crippen molar-refractivity contribution >= 4 is 39.8 Å². The fourth-order valence-corrected chi connectivity index (χ4v) is 10.2. The molecule has 61 heavy (non-hydrogen) atoms. The lowest BCUT2D eigenvalue weighted by Crippen LogP contribution is -2.32. The highest BCUT2D eigenvalue weighted by Gasteiger charge is 2.53. The maximum atomic E-state index is 13.2. The minimum absolute atomic E-state index is 0.0270. The van der Waals surface area contributed by atoms with Gasteiger partial charge in [0.1, 0.15) is 34.5 Å². The van der Waals surface area contributed by atoms with E-state index in [1.807, 2.05) is 42.5 Å². The third-order valence-corrected chi connectivity index (χ3v) is 12.9. The number of carbonyl (C=O) groups is 1. The molecule has 0 amide bonds. The molecule has 0 fully saturated rings. The minimum Gasteiger partial charge on any atom is -0.508 e. The molecule has 9 aromatic carbocycles. The normalized spacial score (nSPS) is 16.2. The molecular weight excluding hydrogens is 781 g/mol. The van der Waals surface area contributed by atoms with Crippen LogP contribution in [0.2, 0.25) is 0 Å². The van der Waals surface area contributed by atoms with Crippen molar-refractivity contribution in [2.75, 3.05) is 0 Å². The van der Waals surface area contributed by atoms with E-state index in [0.29, 0.717) is 45.3 Å². The third kappa shape index (κ3) is 5.15. The summed E-state index contributed by atoms with van der Waals surface area (Å²) in [5, 5.41) is 24.7. The fraction of sp³-hybridized carbons (Fsp3) is 0.0377. The van der Waals surface area contributed by atoms with Crippen LogP contribution < -0.4 is 13.1 Å². The van der Waals surface area contributed by atoms with Crippen LogP contribution in [0.15, 0.2) is 182 Å². The van der Waals surface area contributed by atoms with Crippen LogP contribution in [-0.4, -0.2) is 16.2 Å². The van der Waals surface area contributed by atoms with Gasteiger partial charge in [0.05, 0.1) is 11.0 Å². The van der Waals surface area contributed by atoms with Gasteiger partial charge in [-0.05, 0) is 122 Å². The largest absolute Gasteiger partial charge is 0.508 e. The number of fused-ring (bicyclic) bond motifs is 11. The average Bonchev–Trinajstić information content (AvgIpc) is 3.75. The first kappa shape index (κ1) is 35.3. The number of rotatable bonds is 6. The fourth-order valence-electron chi connectivity index (χ4n) is 9.79. The topological polar surface area (TPSA) is 94.5 Å². The summed E-state index contributed by atoms with van der Waals surface area (Å²) in [6, 6.07) is 59.5. The Morgan fingerprint density at radius 3 is 1.64 bits per heavy atom. The molecule has 2 N–H and O–H groups in total. The second-order valence-electron chi connectivity index (χ2n) is 15.6. The van der Waals surface area contributed by atoms with E-state index in [2.05, 4.69) is 91.0 Å². The molecule has 1 atom stereocenters. The van der Waals surface area contributed by atoms with Crippen molar-refractivity contribution in [1.29, 1.82) is 0 Å². The first-order valence-electron chi connectivity index (χ1n) is 19.9. The molecule has 0 radical (unpaired) electrons. The third-order valence-electron chi connectivity index (χ3n) is 12.4. The van der Waals surface area contributed by atoms with Gasteiger partial charge in [0.2, 0.25) is 0 Å². The average molecular weight is 813 g/mol. The Labute approximate surface area is 354 Å². The van der Waals surface area contributed by atoms with E-state index in [1.165, 1.54) is 28.3 Å². The van der Waals surface area contributed by atoms with E-state index >= 15 is 0 Å². The molecule has 2 aliphatic heterocycles. The molecule has 8 heteroatoms. The monoisotopic (exact) mass is 812 g/mol. The van der Waals surface area contributed by atoms with Gasteiger partial charge in [-0.15, -0.1) is 0 Å². The lowest BCUT2D eigenvalue weighted by atomic mass is 9.67. The lowest BCUT2D eigenvalue weighted by molar-refractivity contribution is 0.0224. The number of esters is 1. The number of benzene rings is 9. The van der Waals surface area contributed by atoms with Crippen LogP contribution in [0.25, 0.3) is 32.7 Å². The molecule has 0 saturated heterocycles. The van der Waals surface area contributed by atoms with Gasteiger partial charge in [-0.2, -0.15) is 0 Å². The Bertz CT molecular complexity index is 3280. The molecular formula is C53H32O7S. The van der Waals surface area contributed by atoms with Gasteiger partial charge in [-0.1, -0.05) is 103 Å². The number of carbonyl (C=O) groups excluding carboxylic acids is 1. The quantitative estimate of drug-likeness (QED) is 0.127. The lowest BCUT2D eigenvalue weighted by Gasteiger charge is -2.36. The Morgan fingerprint density at radius 1 is 0.443 bits per heavy atom. The van der Waals surface area contributed by atoms with Gasteiger partial charge in [0.15, 0.2) is 5.60 Å². The number of phenolic OH excluding ortho intramolecular Hbond substituents is 2. The van der Waals surface area contributed by atoms with E-state index in [1.54, 1.807) is 42.5 Å². The Balaban J connectivity index is 0.860. The molecule has 0 aromatic heterocycles. The maximum Gasteiger partial charge on any atom is 0.340 e. The zero-order valence-corrected chi connectivity index (χ0v) is 33.0. The number of hydrogen-bond donors (Lipinski definition) is 2. The minimum atomic E-state index is -1.25. The van der Waals surface area contributed by atoms with E-state index in [0.717, 1.165) is 45.0 Å². The molecule has 2 heterocycles. The molecule has 292 valence electrons. The van der Waals surface area contributed by atoms with E-state index < -0.39 is 17.0 Å². The Morgan fingerprint density at radius 2 is 0.934 bits per heavy atom. The van der Waals surface area contributed by atoms with Gasteiger partial charge in [-0.25, -0.2) is 4.79 Å².